The van der Waals surface area contributed by atoms with Crippen LogP contribution in [0, 0.1) is 23.2 Å². The van der Waals surface area contributed by atoms with Gasteiger partial charge in [0, 0.05) is 5.41 Å². The van der Waals surface area contributed by atoms with E-state index in [1.165, 1.54) is 18.4 Å². The lowest BCUT2D eigenvalue weighted by atomic mass is 9.60. The van der Waals surface area contributed by atoms with Crippen LogP contribution in [0.4, 0.5) is 0 Å². The highest BCUT2D eigenvalue weighted by Gasteiger charge is 2.57. The number of hydrogen-bond acceptors (Lipinski definition) is 2. The molecule has 3 rings (SSSR count). The van der Waals surface area contributed by atoms with Crippen molar-refractivity contribution < 1.29 is 10.2 Å². The van der Waals surface area contributed by atoms with Crippen molar-refractivity contribution in [2.45, 2.75) is 64.6 Å². The lowest BCUT2D eigenvalue weighted by Gasteiger charge is -2.47. The van der Waals surface area contributed by atoms with Crippen LogP contribution in [0.15, 0.2) is 36.0 Å². The molecular weight excluding hydrogens is 272 g/mol. The zero-order chi connectivity index (χ0) is 16.1. The smallest absolute Gasteiger partial charge is 0.105 e. The Bertz CT molecular complexity index is 518. The van der Waals surface area contributed by atoms with E-state index in [1.807, 2.05) is 0 Å². The van der Waals surface area contributed by atoms with Crippen LogP contribution in [0.3, 0.4) is 0 Å². The van der Waals surface area contributed by atoms with Gasteiger partial charge in [-0.2, -0.15) is 0 Å². The molecule has 22 heavy (non-hydrogen) atoms. The Morgan fingerprint density at radius 3 is 2.68 bits per heavy atom. The second-order valence-corrected chi connectivity index (χ2v) is 8.09. The summed E-state index contributed by atoms with van der Waals surface area (Å²) in [6.07, 6.45) is 7.11. The third kappa shape index (κ3) is 2.32. The van der Waals surface area contributed by atoms with Gasteiger partial charge >= 0.3 is 0 Å². The maximum atomic E-state index is 10.8. The van der Waals surface area contributed by atoms with Crippen LogP contribution < -0.4 is 0 Å². The fraction of sp³-hybridized carbons (Fsp3) is 0.700. The Kier molecular flexibility index (Phi) is 4.11. The molecule has 2 heteroatoms. The summed E-state index contributed by atoms with van der Waals surface area (Å²) in [6, 6.07) is 0. The van der Waals surface area contributed by atoms with E-state index < -0.39 is 12.2 Å². The van der Waals surface area contributed by atoms with Gasteiger partial charge in [-0.15, -0.1) is 0 Å². The summed E-state index contributed by atoms with van der Waals surface area (Å²) >= 11 is 0. The summed E-state index contributed by atoms with van der Waals surface area (Å²) in [4.78, 5) is 0. The average Bonchev–Trinajstić information content (AvgIpc) is 2.83. The molecule has 2 fully saturated rings. The third-order valence-corrected chi connectivity index (χ3v) is 6.61. The number of rotatable bonds is 0. The molecule has 0 amide bonds. The Balaban J connectivity index is 2.06. The Morgan fingerprint density at radius 1 is 1.23 bits per heavy atom. The normalized spacial score (nSPS) is 48.5. The van der Waals surface area contributed by atoms with Crippen LogP contribution in [-0.4, -0.2) is 22.4 Å². The van der Waals surface area contributed by atoms with Gasteiger partial charge in [-0.05, 0) is 61.0 Å². The lowest BCUT2D eigenvalue weighted by molar-refractivity contribution is -0.0698. The number of hydrogen-bond donors (Lipinski definition) is 2. The van der Waals surface area contributed by atoms with Crippen molar-refractivity contribution in [2.75, 3.05) is 0 Å². The molecule has 0 unspecified atom stereocenters. The molecule has 3 aliphatic carbocycles. The van der Waals surface area contributed by atoms with Gasteiger partial charge in [-0.3, -0.25) is 0 Å². The maximum Gasteiger partial charge on any atom is 0.105 e. The highest BCUT2D eigenvalue weighted by Crippen LogP contribution is 2.59. The fourth-order valence-corrected chi connectivity index (χ4v) is 5.12. The SMILES string of the molecule is C=C1/C2=C\C[C@@H](C)CCCC(=C)[C@@H]3CC[C@@](C)([C@H]13)[C@@H](O)[C@@H]2O. The average molecular weight is 302 g/mol. The third-order valence-electron chi connectivity index (χ3n) is 6.61. The molecule has 0 aromatic rings. The van der Waals surface area contributed by atoms with Gasteiger partial charge in [-0.1, -0.05) is 45.1 Å². The van der Waals surface area contributed by atoms with Crippen molar-refractivity contribution in [3.05, 3.63) is 36.0 Å². The molecule has 0 spiro atoms. The Hall–Kier alpha value is -0.860. The van der Waals surface area contributed by atoms with E-state index in [-0.39, 0.29) is 11.3 Å². The molecular formula is C20H30O2. The second-order valence-electron chi connectivity index (χ2n) is 8.09. The molecule has 2 saturated carbocycles. The summed E-state index contributed by atoms with van der Waals surface area (Å²) in [5.41, 5.74) is 3.01. The van der Waals surface area contributed by atoms with E-state index in [4.69, 9.17) is 0 Å². The van der Waals surface area contributed by atoms with Crippen molar-refractivity contribution in [3.63, 3.8) is 0 Å². The monoisotopic (exact) mass is 302 g/mol. The summed E-state index contributed by atoms with van der Waals surface area (Å²) in [5.74, 6) is 1.25. The van der Waals surface area contributed by atoms with Crippen LogP contribution in [0.1, 0.15) is 52.4 Å². The Morgan fingerprint density at radius 2 is 1.95 bits per heavy atom. The standard InChI is InChI=1S/C20H30O2/c1-12-6-5-7-13(2)15-10-11-20(4)17(15)14(3)16(9-8-12)18(21)19(20)22/h9,12,15,17-19,21-22H,2-3,5-8,10-11H2,1,4H3/b16-9+/t12-,15-,17+,18+,19-,20-/m0/s1. The fourth-order valence-electron chi connectivity index (χ4n) is 5.12. The van der Waals surface area contributed by atoms with Crippen molar-refractivity contribution in [1.82, 2.24) is 0 Å². The number of allylic oxidation sites excluding steroid dienone is 2. The van der Waals surface area contributed by atoms with Crippen molar-refractivity contribution in [3.8, 4) is 0 Å². The van der Waals surface area contributed by atoms with Gasteiger partial charge < -0.3 is 10.2 Å². The zero-order valence-electron chi connectivity index (χ0n) is 14.0. The zero-order valence-corrected chi connectivity index (χ0v) is 14.0. The molecule has 122 valence electrons. The topological polar surface area (TPSA) is 40.5 Å². The van der Waals surface area contributed by atoms with Gasteiger partial charge in [0.1, 0.15) is 6.10 Å². The van der Waals surface area contributed by atoms with Gasteiger partial charge in [0.15, 0.2) is 0 Å². The maximum absolute atomic E-state index is 10.8. The van der Waals surface area contributed by atoms with E-state index in [0.29, 0.717) is 11.8 Å². The summed E-state index contributed by atoms with van der Waals surface area (Å²) < 4.78 is 0. The first kappa shape index (κ1) is 16.0. The largest absolute Gasteiger partial charge is 0.389 e. The predicted octanol–water partition coefficient (Wildman–Crippen LogP) is 4.00. The first-order valence-corrected chi connectivity index (χ1v) is 8.79. The molecule has 0 radical (unpaired) electrons. The van der Waals surface area contributed by atoms with Crippen LogP contribution in [0.2, 0.25) is 0 Å². The van der Waals surface area contributed by atoms with Crippen LogP contribution in [0.5, 0.6) is 0 Å². The van der Waals surface area contributed by atoms with Gasteiger partial charge in [0.25, 0.3) is 0 Å². The molecule has 0 aromatic carbocycles. The highest BCUT2D eigenvalue weighted by atomic mass is 16.3. The van der Waals surface area contributed by atoms with Gasteiger partial charge in [0.05, 0.1) is 6.10 Å². The minimum absolute atomic E-state index is 0.234. The van der Waals surface area contributed by atoms with E-state index >= 15 is 0 Å². The molecule has 0 aromatic heterocycles. The minimum atomic E-state index is -0.784. The molecule has 2 N–H and O–H groups in total. The molecule has 0 saturated heterocycles. The lowest BCUT2D eigenvalue weighted by Crippen LogP contribution is -2.51. The Labute approximate surface area is 134 Å². The highest BCUT2D eigenvalue weighted by molar-refractivity contribution is 5.43. The molecule has 0 heterocycles. The molecule has 3 aliphatic rings. The summed E-state index contributed by atoms with van der Waals surface area (Å²) in [6.45, 7) is 13.1. The molecule has 6 atom stereocenters. The van der Waals surface area contributed by atoms with Crippen LogP contribution in [-0.2, 0) is 0 Å². The van der Waals surface area contributed by atoms with E-state index in [2.05, 4.69) is 33.1 Å². The van der Waals surface area contributed by atoms with Crippen LogP contribution in [0.25, 0.3) is 0 Å². The molecule has 2 nitrogen and oxygen atoms in total. The predicted molar refractivity (Wildman–Crippen MR) is 90.3 cm³/mol. The van der Waals surface area contributed by atoms with Gasteiger partial charge in [-0.25, -0.2) is 0 Å². The summed E-state index contributed by atoms with van der Waals surface area (Å²) in [7, 11) is 0. The van der Waals surface area contributed by atoms with E-state index in [9.17, 15) is 10.2 Å². The molecule has 2 bridgehead atoms. The van der Waals surface area contributed by atoms with Gasteiger partial charge in [0.2, 0.25) is 0 Å². The van der Waals surface area contributed by atoms with E-state index in [1.54, 1.807) is 0 Å². The summed E-state index contributed by atoms with van der Waals surface area (Å²) in [5, 5.41) is 21.4. The number of aliphatic hydroxyl groups is 2. The number of fused-ring (bicyclic) bond motifs is 1. The van der Waals surface area contributed by atoms with Crippen LogP contribution >= 0.6 is 0 Å². The van der Waals surface area contributed by atoms with Crippen molar-refractivity contribution in [2.24, 2.45) is 23.2 Å². The quantitative estimate of drug-likeness (QED) is 0.664. The number of aliphatic hydroxyl groups excluding tert-OH is 2. The van der Waals surface area contributed by atoms with Crippen molar-refractivity contribution >= 4 is 0 Å². The first-order chi connectivity index (χ1) is 10.4. The molecule has 0 aliphatic heterocycles. The second kappa shape index (κ2) is 5.65. The van der Waals surface area contributed by atoms with Crippen molar-refractivity contribution in [1.29, 1.82) is 0 Å². The first-order valence-electron chi connectivity index (χ1n) is 8.79. The minimum Gasteiger partial charge on any atom is -0.389 e. The van der Waals surface area contributed by atoms with E-state index in [0.717, 1.165) is 36.8 Å².